The minimum Gasteiger partial charge on any atom is -0.357 e. The third-order valence-corrected chi connectivity index (χ3v) is 6.55. The van der Waals surface area contributed by atoms with Crippen LogP contribution in [-0.2, 0) is 0 Å². The topological polar surface area (TPSA) is 34.1 Å². The number of benzene rings is 1. The molecule has 0 aliphatic carbocycles. The SMILES string of the molecule is CCNC(=NCC1CN(C)CCN1C)N1CCC(c2ccccc2)C(CC)C1. The van der Waals surface area contributed by atoms with Gasteiger partial charge in [-0.25, -0.2) is 0 Å². The zero-order valence-electron chi connectivity index (χ0n) is 18.3. The summed E-state index contributed by atoms with van der Waals surface area (Å²) < 4.78 is 0. The van der Waals surface area contributed by atoms with E-state index in [0.717, 1.165) is 51.8 Å². The van der Waals surface area contributed by atoms with Crippen molar-refractivity contribution in [1.29, 1.82) is 0 Å². The highest BCUT2D eigenvalue weighted by molar-refractivity contribution is 5.80. The van der Waals surface area contributed by atoms with E-state index in [1.165, 1.54) is 18.4 Å². The van der Waals surface area contributed by atoms with Crippen molar-refractivity contribution in [3.8, 4) is 0 Å². The number of likely N-dealkylation sites (tertiary alicyclic amines) is 1. The third-order valence-electron chi connectivity index (χ3n) is 6.55. The van der Waals surface area contributed by atoms with Crippen LogP contribution in [0.25, 0.3) is 0 Å². The van der Waals surface area contributed by atoms with Crippen LogP contribution in [0.1, 0.15) is 38.2 Å². The Kier molecular flexibility index (Phi) is 7.74. The van der Waals surface area contributed by atoms with Gasteiger partial charge in [-0.05, 0) is 44.8 Å². The number of aliphatic imine (C=N–C) groups is 1. The van der Waals surface area contributed by atoms with E-state index in [9.17, 15) is 0 Å². The molecule has 0 amide bonds. The normalized spacial score (nSPS) is 27.8. The summed E-state index contributed by atoms with van der Waals surface area (Å²) in [4.78, 5) is 12.5. The van der Waals surface area contributed by atoms with E-state index in [-0.39, 0.29) is 0 Å². The molecule has 156 valence electrons. The van der Waals surface area contributed by atoms with Crippen molar-refractivity contribution in [2.75, 3.05) is 59.9 Å². The summed E-state index contributed by atoms with van der Waals surface area (Å²) in [6.07, 6.45) is 2.42. The van der Waals surface area contributed by atoms with Gasteiger partial charge in [0.1, 0.15) is 0 Å². The van der Waals surface area contributed by atoms with E-state index in [2.05, 4.69) is 78.3 Å². The van der Waals surface area contributed by atoms with Crippen molar-refractivity contribution in [2.45, 2.75) is 38.6 Å². The molecule has 0 spiro atoms. The molecular formula is C23H39N5. The highest BCUT2D eigenvalue weighted by Gasteiger charge is 2.31. The van der Waals surface area contributed by atoms with Gasteiger partial charge < -0.3 is 15.1 Å². The summed E-state index contributed by atoms with van der Waals surface area (Å²) >= 11 is 0. The molecule has 0 aromatic heterocycles. The summed E-state index contributed by atoms with van der Waals surface area (Å²) in [5.74, 6) is 2.46. The van der Waals surface area contributed by atoms with E-state index in [1.807, 2.05) is 0 Å². The molecule has 28 heavy (non-hydrogen) atoms. The van der Waals surface area contributed by atoms with Gasteiger partial charge in [-0.2, -0.15) is 0 Å². The Bertz CT molecular complexity index is 617. The molecule has 1 aromatic carbocycles. The van der Waals surface area contributed by atoms with Crippen LogP contribution < -0.4 is 5.32 Å². The number of rotatable bonds is 5. The molecule has 0 radical (unpaired) electrons. The predicted molar refractivity (Wildman–Crippen MR) is 119 cm³/mol. The van der Waals surface area contributed by atoms with Crippen molar-refractivity contribution in [3.63, 3.8) is 0 Å². The first kappa shape index (κ1) is 21.1. The number of piperazine rings is 1. The Hall–Kier alpha value is -1.59. The van der Waals surface area contributed by atoms with Crippen LogP contribution in [0.2, 0.25) is 0 Å². The monoisotopic (exact) mass is 385 g/mol. The molecule has 3 rings (SSSR count). The second-order valence-electron chi connectivity index (χ2n) is 8.51. The molecule has 3 atom stereocenters. The van der Waals surface area contributed by atoms with Crippen LogP contribution >= 0.6 is 0 Å². The molecule has 0 bridgehead atoms. The van der Waals surface area contributed by atoms with Gasteiger partial charge in [0.15, 0.2) is 5.96 Å². The molecule has 1 aromatic rings. The quantitative estimate of drug-likeness (QED) is 0.624. The third kappa shape index (κ3) is 5.26. The molecule has 2 heterocycles. The highest BCUT2D eigenvalue weighted by atomic mass is 15.3. The maximum absolute atomic E-state index is 5.08. The van der Waals surface area contributed by atoms with E-state index in [4.69, 9.17) is 4.99 Å². The van der Waals surface area contributed by atoms with E-state index >= 15 is 0 Å². The van der Waals surface area contributed by atoms with Crippen molar-refractivity contribution < 1.29 is 0 Å². The number of hydrogen-bond acceptors (Lipinski definition) is 3. The number of piperidine rings is 1. The Balaban J connectivity index is 1.67. The van der Waals surface area contributed by atoms with Gasteiger partial charge in [0.2, 0.25) is 0 Å². The van der Waals surface area contributed by atoms with E-state index < -0.39 is 0 Å². The van der Waals surface area contributed by atoms with Gasteiger partial charge in [-0.15, -0.1) is 0 Å². The maximum atomic E-state index is 5.08. The summed E-state index contributed by atoms with van der Waals surface area (Å²) in [6.45, 7) is 11.9. The number of likely N-dealkylation sites (N-methyl/N-ethyl adjacent to an activating group) is 2. The van der Waals surface area contributed by atoms with Crippen LogP contribution in [0.3, 0.4) is 0 Å². The van der Waals surface area contributed by atoms with Crippen molar-refractivity contribution in [3.05, 3.63) is 35.9 Å². The van der Waals surface area contributed by atoms with E-state index in [1.54, 1.807) is 0 Å². The highest BCUT2D eigenvalue weighted by Crippen LogP contribution is 2.34. The van der Waals surface area contributed by atoms with Gasteiger partial charge in [-0.3, -0.25) is 9.89 Å². The predicted octanol–water partition coefficient (Wildman–Crippen LogP) is 2.71. The van der Waals surface area contributed by atoms with Crippen molar-refractivity contribution in [2.24, 2.45) is 10.9 Å². The number of hydrogen-bond donors (Lipinski definition) is 1. The first-order valence-electron chi connectivity index (χ1n) is 11.1. The molecule has 1 N–H and O–H groups in total. The Morgan fingerprint density at radius 2 is 1.86 bits per heavy atom. The van der Waals surface area contributed by atoms with Gasteiger partial charge in [0.05, 0.1) is 6.54 Å². The summed E-state index contributed by atoms with van der Waals surface area (Å²) in [6, 6.07) is 11.6. The zero-order valence-corrected chi connectivity index (χ0v) is 18.3. The van der Waals surface area contributed by atoms with Crippen LogP contribution in [0.4, 0.5) is 0 Å². The molecular weight excluding hydrogens is 346 g/mol. The molecule has 0 saturated carbocycles. The van der Waals surface area contributed by atoms with Crippen LogP contribution in [0.5, 0.6) is 0 Å². The standard InChI is InChI=1S/C23H39N5/c1-5-19-17-28(13-12-22(19)20-10-8-7-9-11-20)23(24-6-2)25-16-21-18-26(3)14-15-27(21)4/h7-11,19,21-22H,5-6,12-18H2,1-4H3,(H,24,25). The lowest BCUT2D eigenvalue weighted by atomic mass is 9.79. The summed E-state index contributed by atoms with van der Waals surface area (Å²) in [5.41, 5.74) is 1.50. The molecule has 5 heteroatoms. The Morgan fingerprint density at radius 1 is 1.07 bits per heavy atom. The average molecular weight is 386 g/mol. The number of nitrogens with zero attached hydrogens (tertiary/aromatic N) is 4. The van der Waals surface area contributed by atoms with Gasteiger partial charge in [0, 0.05) is 45.3 Å². The fourth-order valence-electron chi connectivity index (χ4n) is 4.69. The van der Waals surface area contributed by atoms with Crippen LogP contribution in [-0.4, -0.2) is 86.6 Å². The Labute approximate surface area is 171 Å². The van der Waals surface area contributed by atoms with Gasteiger partial charge >= 0.3 is 0 Å². The smallest absolute Gasteiger partial charge is 0.193 e. The molecule has 3 unspecified atom stereocenters. The lowest BCUT2D eigenvalue weighted by Gasteiger charge is -2.41. The molecule has 2 aliphatic heterocycles. The van der Waals surface area contributed by atoms with Gasteiger partial charge in [-0.1, -0.05) is 43.7 Å². The summed E-state index contributed by atoms with van der Waals surface area (Å²) in [7, 11) is 4.45. The average Bonchev–Trinajstić information content (AvgIpc) is 2.73. The lowest BCUT2D eigenvalue weighted by Crippen LogP contribution is -2.52. The minimum atomic E-state index is 0.510. The van der Waals surface area contributed by atoms with Crippen molar-refractivity contribution >= 4 is 5.96 Å². The van der Waals surface area contributed by atoms with Crippen molar-refractivity contribution in [1.82, 2.24) is 20.0 Å². The van der Waals surface area contributed by atoms with Gasteiger partial charge in [0.25, 0.3) is 0 Å². The molecule has 5 nitrogen and oxygen atoms in total. The fourth-order valence-corrected chi connectivity index (χ4v) is 4.69. The maximum Gasteiger partial charge on any atom is 0.193 e. The molecule has 2 saturated heterocycles. The van der Waals surface area contributed by atoms with E-state index in [0.29, 0.717) is 17.9 Å². The second-order valence-corrected chi connectivity index (χ2v) is 8.51. The minimum absolute atomic E-state index is 0.510. The number of nitrogens with one attached hydrogen (secondary N) is 1. The summed E-state index contributed by atoms with van der Waals surface area (Å²) in [5, 5.41) is 3.56. The first-order valence-corrected chi connectivity index (χ1v) is 11.1. The largest absolute Gasteiger partial charge is 0.357 e. The lowest BCUT2D eigenvalue weighted by molar-refractivity contribution is 0.119. The fraction of sp³-hybridized carbons (Fsp3) is 0.696. The van der Waals surface area contributed by atoms with Crippen LogP contribution in [0, 0.1) is 5.92 Å². The molecule has 2 aliphatic rings. The molecule has 2 fully saturated rings. The van der Waals surface area contributed by atoms with Crippen LogP contribution in [0.15, 0.2) is 35.3 Å². The second kappa shape index (κ2) is 10.3. The first-order chi connectivity index (χ1) is 13.6. The zero-order chi connectivity index (χ0) is 19.9. The Morgan fingerprint density at radius 3 is 2.57 bits per heavy atom. The number of guanidine groups is 1.